The van der Waals surface area contributed by atoms with Crippen molar-refractivity contribution in [2.45, 2.75) is 6.18 Å². The number of nitrogens with one attached hydrogen (secondary N) is 2. The highest BCUT2D eigenvalue weighted by Crippen LogP contribution is 2.37. The van der Waals surface area contributed by atoms with Gasteiger partial charge in [-0.05, 0) is 0 Å². The van der Waals surface area contributed by atoms with E-state index in [2.05, 4.69) is 23.3 Å². The number of carboxylic acid groups (broad SMARTS) is 1. The lowest BCUT2D eigenvalue weighted by Crippen LogP contribution is -2.46. The molecule has 1 amide bonds. The molecule has 0 aromatic heterocycles. The SMILES string of the molecule is C=CCNP(=S)(CN(CC(=O)O)C(=O)C(F)(F)F)NCC=C. The van der Waals surface area contributed by atoms with E-state index in [4.69, 9.17) is 16.9 Å². The minimum atomic E-state index is -5.17. The van der Waals surface area contributed by atoms with Gasteiger partial charge < -0.3 is 10.0 Å². The Morgan fingerprint density at radius 1 is 1.23 bits per heavy atom. The first-order valence-corrected chi connectivity index (χ1v) is 8.93. The Morgan fingerprint density at radius 2 is 1.68 bits per heavy atom. The number of alkyl halides is 3. The van der Waals surface area contributed by atoms with E-state index in [9.17, 15) is 22.8 Å². The molecule has 0 saturated heterocycles. The zero-order valence-electron chi connectivity index (χ0n) is 11.6. The molecule has 3 N–H and O–H groups in total. The van der Waals surface area contributed by atoms with Gasteiger partial charge in [0.25, 0.3) is 0 Å². The summed E-state index contributed by atoms with van der Waals surface area (Å²) in [4.78, 5) is 22.2. The fourth-order valence-electron chi connectivity index (χ4n) is 1.35. The second-order valence-corrected chi connectivity index (χ2v) is 8.34. The standard InChI is InChI=1S/C11H17F3N3O3PS/c1-3-5-15-21(22,16-6-4-2)8-17(7-9(18)19)10(20)11(12,13)14/h3-4H,1-2,5-8H2,(H,18,19)(H2,15,16,22). The van der Waals surface area contributed by atoms with E-state index in [1.54, 1.807) is 0 Å². The molecule has 0 aromatic carbocycles. The Hall–Kier alpha value is -1.22. The topological polar surface area (TPSA) is 81.7 Å². The van der Waals surface area contributed by atoms with Crippen LogP contribution in [-0.4, -0.2) is 54.0 Å². The van der Waals surface area contributed by atoms with Crippen LogP contribution in [0.4, 0.5) is 13.2 Å². The Morgan fingerprint density at radius 3 is 2.00 bits per heavy atom. The molecule has 0 unspecified atom stereocenters. The van der Waals surface area contributed by atoms with Gasteiger partial charge in [-0.2, -0.15) is 13.2 Å². The zero-order valence-corrected chi connectivity index (χ0v) is 13.3. The molecule has 0 saturated carbocycles. The van der Waals surface area contributed by atoms with Crippen LogP contribution in [0.25, 0.3) is 0 Å². The van der Waals surface area contributed by atoms with Crippen LogP contribution in [0, 0.1) is 0 Å². The van der Waals surface area contributed by atoms with Crippen molar-refractivity contribution in [1.29, 1.82) is 0 Å². The molecule has 126 valence electrons. The minimum absolute atomic E-state index is 0.176. The van der Waals surface area contributed by atoms with E-state index in [-0.39, 0.29) is 18.0 Å². The molecule has 0 spiro atoms. The normalized spacial score (nSPS) is 11.8. The highest BCUT2D eigenvalue weighted by molar-refractivity contribution is 8.12. The predicted molar refractivity (Wildman–Crippen MR) is 81.0 cm³/mol. The number of aliphatic carboxylic acids is 1. The Labute approximate surface area is 131 Å². The molecule has 0 heterocycles. The van der Waals surface area contributed by atoms with Gasteiger partial charge in [0.15, 0.2) is 0 Å². The highest BCUT2D eigenvalue weighted by Gasteiger charge is 2.44. The molecule has 0 bridgehead atoms. The Balaban J connectivity index is 5.29. The van der Waals surface area contributed by atoms with Crippen molar-refractivity contribution in [2.24, 2.45) is 0 Å². The maximum Gasteiger partial charge on any atom is 0.471 e. The lowest BCUT2D eigenvalue weighted by molar-refractivity contribution is -0.185. The first-order valence-electron chi connectivity index (χ1n) is 5.94. The quantitative estimate of drug-likeness (QED) is 0.403. The lowest BCUT2D eigenvalue weighted by atomic mass is 10.5. The van der Waals surface area contributed by atoms with Crippen molar-refractivity contribution < 1.29 is 27.9 Å². The molecule has 0 fully saturated rings. The molecule has 0 aliphatic heterocycles. The lowest BCUT2D eigenvalue weighted by Gasteiger charge is -2.30. The first kappa shape index (κ1) is 20.8. The number of amides is 1. The minimum Gasteiger partial charge on any atom is -0.480 e. The Bertz CT molecular complexity index is 469. The van der Waals surface area contributed by atoms with Crippen LogP contribution in [0.15, 0.2) is 25.3 Å². The van der Waals surface area contributed by atoms with Crippen molar-refractivity contribution >= 4 is 30.0 Å². The second-order valence-electron chi connectivity index (χ2n) is 4.08. The van der Waals surface area contributed by atoms with Crippen molar-refractivity contribution in [3.63, 3.8) is 0 Å². The van der Waals surface area contributed by atoms with Crippen molar-refractivity contribution in [1.82, 2.24) is 15.1 Å². The summed E-state index contributed by atoms with van der Waals surface area (Å²) in [5, 5.41) is 14.3. The van der Waals surface area contributed by atoms with Gasteiger partial charge in [0.1, 0.15) is 6.54 Å². The van der Waals surface area contributed by atoms with Crippen LogP contribution in [-0.2, 0) is 21.4 Å². The maximum absolute atomic E-state index is 12.5. The smallest absolute Gasteiger partial charge is 0.471 e. The molecule has 0 aliphatic carbocycles. The number of hydrogen-bond donors (Lipinski definition) is 3. The third kappa shape index (κ3) is 7.69. The average Bonchev–Trinajstić information content (AvgIpc) is 2.40. The second kappa shape index (κ2) is 9.04. The van der Waals surface area contributed by atoms with Gasteiger partial charge in [0, 0.05) is 13.1 Å². The first-order chi connectivity index (χ1) is 10.1. The maximum atomic E-state index is 12.5. The summed E-state index contributed by atoms with van der Waals surface area (Å²) in [6, 6.07) is 0. The van der Waals surface area contributed by atoms with Gasteiger partial charge in [-0.3, -0.25) is 19.8 Å². The summed E-state index contributed by atoms with van der Waals surface area (Å²) in [5.74, 6) is -3.81. The fourth-order valence-corrected chi connectivity index (χ4v) is 4.08. The van der Waals surface area contributed by atoms with Crippen LogP contribution in [0.5, 0.6) is 0 Å². The van der Waals surface area contributed by atoms with Gasteiger partial charge in [0.05, 0.1) is 12.6 Å². The van der Waals surface area contributed by atoms with Gasteiger partial charge in [-0.1, -0.05) is 24.0 Å². The molecular weight excluding hydrogens is 342 g/mol. The summed E-state index contributed by atoms with van der Waals surface area (Å²) in [6.07, 6.45) is -5.71. The molecule has 0 radical (unpaired) electrons. The molecule has 0 rings (SSSR count). The largest absolute Gasteiger partial charge is 0.480 e. The van der Waals surface area contributed by atoms with Crippen molar-refractivity contribution in [3.8, 4) is 0 Å². The van der Waals surface area contributed by atoms with Gasteiger partial charge in [-0.15, -0.1) is 13.2 Å². The van der Waals surface area contributed by atoms with E-state index in [1.165, 1.54) is 12.2 Å². The van der Waals surface area contributed by atoms with Crippen LogP contribution in [0.1, 0.15) is 0 Å². The van der Waals surface area contributed by atoms with Gasteiger partial charge >= 0.3 is 18.1 Å². The van der Waals surface area contributed by atoms with Crippen molar-refractivity contribution in [2.75, 3.05) is 25.9 Å². The number of carbonyl (C=O) groups excluding carboxylic acids is 1. The van der Waals surface area contributed by atoms with E-state index in [0.29, 0.717) is 0 Å². The van der Waals surface area contributed by atoms with Gasteiger partial charge in [0.2, 0.25) is 0 Å². The van der Waals surface area contributed by atoms with E-state index >= 15 is 0 Å². The summed E-state index contributed by atoms with van der Waals surface area (Å²) in [5.41, 5.74) is 0. The fraction of sp³-hybridized carbons (Fsp3) is 0.455. The molecule has 0 atom stereocenters. The summed E-state index contributed by atoms with van der Waals surface area (Å²) < 4.78 is 37.6. The number of hydrogen-bond acceptors (Lipinski definition) is 3. The third-order valence-electron chi connectivity index (χ3n) is 2.21. The van der Waals surface area contributed by atoms with Crippen molar-refractivity contribution in [3.05, 3.63) is 25.3 Å². The number of halogens is 3. The van der Waals surface area contributed by atoms with E-state index < -0.39 is 37.2 Å². The summed E-state index contributed by atoms with van der Waals surface area (Å²) >= 11 is 5.24. The number of carbonyl (C=O) groups is 2. The van der Waals surface area contributed by atoms with Crippen LogP contribution in [0.3, 0.4) is 0 Å². The van der Waals surface area contributed by atoms with Crippen LogP contribution < -0.4 is 10.2 Å². The van der Waals surface area contributed by atoms with Crippen LogP contribution in [0.2, 0.25) is 0 Å². The molecule has 11 heteroatoms. The number of rotatable bonds is 10. The summed E-state index contributed by atoms with van der Waals surface area (Å²) in [7, 11) is 0. The highest BCUT2D eigenvalue weighted by atomic mass is 32.4. The molecule has 0 aromatic rings. The zero-order chi connectivity index (χ0) is 17.4. The Kier molecular flexibility index (Phi) is 8.54. The number of nitrogens with zero attached hydrogens (tertiary/aromatic N) is 1. The number of carboxylic acids is 1. The predicted octanol–water partition coefficient (Wildman–Crippen LogP) is 1.28. The van der Waals surface area contributed by atoms with Gasteiger partial charge in [-0.25, -0.2) is 0 Å². The molecule has 6 nitrogen and oxygen atoms in total. The summed E-state index contributed by atoms with van der Waals surface area (Å²) in [6.45, 7) is 6.20. The monoisotopic (exact) mass is 359 g/mol. The molecular formula is C11H17F3N3O3PS. The molecule has 22 heavy (non-hydrogen) atoms. The van der Waals surface area contributed by atoms with Crippen LogP contribution >= 0.6 is 6.34 Å². The third-order valence-corrected chi connectivity index (χ3v) is 5.46. The van der Waals surface area contributed by atoms with E-state index in [0.717, 1.165) is 0 Å². The molecule has 0 aliphatic rings. The van der Waals surface area contributed by atoms with E-state index in [1.807, 2.05) is 0 Å². The average molecular weight is 359 g/mol.